The number of aliphatic hydroxyl groups excluding tert-OH is 1. The lowest BCUT2D eigenvalue weighted by Gasteiger charge is -2.13. The van der Waals surface area contributed by atoms with E-state index in [9.17, 15) is 9.90 Å². The highest BCUT2D eigenvalue weighted by Crippen LogP contribution is 2.47. The van der Waals surface area contributed by atoms with E-state index in [2.05, 4.69) is 46.3 Å². The molecule has 0 amide bonds. The molecule has 0 spiro atoms. The van der Waals surface area contributed by atoms with E-state index in [-0.39, 0.29) is 18.1 Å². The maximum Gasteiger partial charge on any atom is 0.277 e. The fourth-order valence-electron chi connectivity index (χ4n) is 3.39. The van der Waals surface area contributed by atoms with Crippen LogP contribution in [0.2, 0.25) is 0 Å². The number of fused-ring (bicyclic) bond motifs is 1. The van der Waals surface area contributed by atoms with Gasteiger partial charge in [0.05, 0.1) is 12.3 Å². The Bertz CT molecular complexity index is 997. The van der Waals surface area contributed by atoms with Gasteiger partial charge in [-0.3, -0.25) is 4.79 Å². The average molecular weight is 338 g/mol. The van der Waals surface area contributed by atoms with Crippen molar-refractivity contribution in [2.75, 3.05) is 0 Å². The Kier molecular flexibility index (Phi) is 3.54. The lowest BCUT2D eigenvalue weighted by molar-refractivity contribution is 0.278. The van der Waals surface area contributed by atoms with Crippen molar-refractivity contribution in [1.82, 2.24) is 19.6 Å². The second-order valence-corrected chi connectivity index (χ2v) is 7.28. The zero-order valence-corrected chi connectivity index (χ0v) is 14.7. The van der Waals surface area contributed by atoms with Gasteiger partial charge in [-0.2, -0.15) is 5.10 Å². The molecule has 2 heterocycles. The highest BCUT2D eigenvalue weighted by molar-refractivity contribution is 5.51. The Morgan fingerprint density at radius 2 is 2.00 bits per heavy atom. The van der Waals surface area contributed by atoms with Gasteiger partial charge in [0.15, 0.2) is 5.52 Å². The van der Waals surface area contributed by atoms with Crippen molar-refractivity contribution >= 4 is 5.52 Å². The molecule has 1 fully saturated rings. The summed E-state index contributed by atoms with van der Waals surface area (Å²) < 4.78 is 1.57. The van der Waals surface area contributed by atoms with Crippen LogP contribution in [0.4, 0.5) is 0 Å². The largest absolute Gasteiger partial charge is 0.390 e. The van der Waals surface area contributed by atoms with Crippen LogP contribution in [0.25, 0.3) is 5.52 Å². The predicted molar refractivity (Wildman–Crippen MR) is 94.8 cm³/mol. The molecule has 0 radical (unpaired) electrons. The number of nitrogens with one attached hydrogen (secondary N) is 1. The maximum atomic E-state index is 12.2. The van der Waals surface area contributed by atoms with Gasteiger partial charge in [0.2, 0.25) is 0 Å². The number of rotatable bonds is 4. The van der Waals surface area contributed by atoms with Crippen LogP contribution in [-0.4, -0.2) is 24.7 Å². The van der Waals surface area contributed by atoms with Gasteiger partial charge in [-0.05, 0) is 36.3 Å². The van der Waals surface area contributed by atoms with Crippen LogP contribution in [0.3, 0.4) is 0 Å². The molecule has 1 atom stereocenters. The monoisotopic (exact) mass is 338 g/mol. The van der Waals surface area contributed by atoms with Gasteiger partial charge in [0.25, 0.3) is 5.56 Å². The van der Waals surface area contributed by atoms with Crippen LogP contribution in [0.15, 0.2) is 29.1 Å². The summed E-state index contributed by atoms with van der Waals surface area (Å²) in [5.74, 6) is 1.14. The van der Waals surface area contributed by atoms with Crippen molar-refractivity contribution in [3.63, 3.8) is 0 Å². The van der Waals surface area contributed by atoms with Crippen molar-refractivity contribution in [2.45, 2.75) is 51.6 Å². The van der Waals surface area contributed by atoms with Crippen molar-refractivity contribution in [3.8, 4) is 0 Å². The number of benzene rings is 1. The molecule has 3 aromatic rings. The summed E-state index contributed by atoms with van der Waals surface area (Å²) in [6.07, 6.45) is 2.50. The number of imidazole rings is 1. The number of H-pyrrole nitrogens is 1. The fraction of sp³-hybridized carbons (Fsp3) is 0.421. The third kappa shape index (κ3) is 2.57. The molecule has 6 nitrogen and oxygen atoms in total. The van der Waals surface area contributed by atoms with Crippen LogP contribution in [0, 0.1) is 6.92 Å². The molecule has 0 bridgehead atoms. The van der Waals surface area contributed by atoms with Crippen LogP contribution in [-0.2, 0) is 12.0 Å². The molecular formula is C19H22N4O2. The van der Waals surface area contributed by atoms with Gasteiger partial charge in [-0.25, -0.2) is 9.50 Å². The number of nitrogens with zero attached hydrogens (tertiary/aromatic N) is 3. The quantitative estimate of drug-likeness (QED) is 0.765. The minimum Gasteiger partial charge on any atom is -0.390 e. The lowest BCUT2D eigenvalue weighted by Crippen LogP contribution is -2.16. The molecule has 1 aromatic carbocycles. The Labute approximate surface area is 145 Å². The molecule has 1 saturated carbocycles. The van der Waals surface area contributed by atoms with Gasteiger partial charge in [-0.1, -0.05) is 38.1 Å². The topological polar surface area (TPSA) is 83.3 Å². The summed E-state index contributed by atoms with van der Waals surface area (Å²) in [6.45, 7) is 5.78. The van der Waals surface area contributed by atoms with E-state index in [1.807, 2.05) is 6.92 Å². The van der Waals surface area contributed by atoms with E-state index < -0.39 is 0 Å². The summed E-state index contributed by atoms with van der Waals surface area (Å²) in [7, 11) is 0. The summed E-state index contributed by atoms with van der Waals surface area (Å²) >= 11 is 0. The van der Waals surface area contributed by atoms with E-state index in [1.54, 1.807) is 11.4 Å². The molecule has 1 aliphatic rings. The van der Waals surface area contributed by atoms with E-state index in [0.29, 0.717) is 28.3 Å². The fourth-order valence-corrected chi connectivity index (χ4v) is 3.39. The third-order valence-electron chi connectivity index (χ3n) is 5.36. The molecular weight excluding hydrogens is 316 g/mol. The summed E-state index contributed by atoms with van der Waals surface area (Å²) in [4.78, 5) is 19.4. The first-order valence-electron chi connectivity index (χ1n) is 8.63. The molecule has 0 saturated heterocycles. The van der Waals surface area contributed by atoms with Crippen molar-refractivity contribution in [2.24, 2.45) is 0 Å². The minimum absolute atomic E-state index is 0.0393. The second-order valence-electron chi connectivity index (χ2n) is 7.28. The molecule has 2 N–H and O–H groups in total. The van der Waals surface area contributed by atoms with Gasteiger partial charge in [-0.15, -0.1) is 0 Å². The number of aryl methyl sites for hydroxylation is 1. The first-order chi connectivity index (χ1) is 11.9. The van der Waals surface area contributed by atoms with Crippen molar-refractivity contribution in [1.29, 1.82) is 0 Å². The highest BCUT2D eigenvalue weighted by Gasteiger charge is 2.38. The Hall–Kier alpha value is -2.47. The number of aromatic amines is 1. The normalized spacial score (nSPS) is 17.0. The summed E-state index contributed by atoms with van der Waals surface area (Å²) in [5.41, 5.74) is 3.23. The SMILES string of the molecule is Cc1nn2c([C@@H](C)c3ccc(C4(C)CC4)cc3)nc(CO)c2c(=O)[nH]1. The van der Waals surface area contributed by atoms with Crippen LogP contribution in [0.5, 0.6) is 0 Å². The summed E-state index contributed by atoms with van der Waals surface area (Å²) in [5, 5.41) is 14.0. The molecule has 0 aliphatic heterocycles. The van der Waals surface area contributed by atoms with Crippen molar-refractivity contribution in [3.05, 3.63) is 63.1 Å². The number of aromatic nitrogens is 4. The van der Waals surface area contributed by atoms with Crippen LogP contribution < -0.4 is 5.56 Å². The Balaban J connectivity index is 1.79. The zero-order valence-electron chi connectivity index (χ0n) is 14.7. The standard InChI is InChI=1S/C19H22N4O2/c1-11(13-4-6-14(7-5-13)19(3)8-9-19)17-21-15(10-24)16-18(25)20-12(2)22-23(16)17/h4-7,11,24H,8-10H2,1-3H3,(H,20,22,25)/t11-/m0/s1. The van der Waals surface area contributed by atoms with E-state index in [4.69, 9.17) is 0 Å². The molecule has 25 heavy (non-hydrogen) atoms. The third-order valence-corrected chi connectivity index (χ3v) is 5.36. The molecule has 2 aromatic heterocycles. The lowest BCUT2D eigenvalue weighted by atomic mass is 9.93. The molecule has 0 unspecified atom stereocenters. The minimum atomic E-state index is -0.290. The number of hydrogen-bond acceptors (Lipinski definition) is 4. The first kappa shape index (κ1) is 16.0. The maximum absolute atomic E-state index is 12.2. The Morgan fingerprint density at radius 1 is 1.32 bits per heavy atom. The molecule has 4 rings (SSSR count). The van der Waals surface area contributed by atoms with Gasteiger partial charge in [0.1, 0.15) is 11.6 Å². The van der Waals surface area contributed by atoms with E-state index >= 15 is 0 Å². The smallest absolute Gasteiger partial charge is 0.277 e. The molecule has 130 valence electrons. The zero-order chi connectivity index (χ0) is 17.8. The molecule has 1 aliphatic carbocycles. The van der Waals surface area contributed by atoms with Crippen molar-refractivity contribution < 1.29 is 5.11 Å². The van der Waals surface area contributed by atoms with Crippen LogP contribution >= 0.6 is 0 Å². The first-order valence-corrected chi connectivity index (χ1v) is 8.63. The number of hydrogen-bond donors (Lipinski definition) is 2. The predicted octanol–water partition coefficient (Wildman–Crippen LogP) is 2.42. The van der Waals surface area contributed by atoms with Crippen LogP contribution in [0.1, 0.15) is 61.1 Å². The van der Waals surface area contributed by atoms with E-state index in [1.165, 1.54) is 18.4 Å². The van der Waals surface area contributed by atoms with Gasteiger partial charge >= 0.3 is 0 Å². The average Bonchev–Trinajstić information content (AvgIpc) is 3.24. The number of aliphatic hydroxyl groups is 1. The van der Waals surface area contributed by atoms with Gasteiger partial charge < -0.3 is 10.1 Å². The summed E-state index contributed by atoms with van der Waals surface area (Å²) in [6, 6.07) is 8.63. The highest BCUT2D eigenvalue weighted by atomic mass is 16.3. The Morgan fingerprint density at radius 3 is 2.60 bits per heavy atom. The van der Waals surface area contributed by atoms with Gasteiger partial charge in [0, 0.05) is 5.92 Å². The second kappa shape index (κ2) is 5.52. The molecule has 6 heteroatoms. The van der Waals surface area contributed by atoms with E-state index in [0.717, 1.165) is 5.56 Å².